The van der Waals surface area contributed by atoms with Gasteiger partial charge in [0.05, 0.1) is 13.2 Å². The van der Waals surface area contributed by atoms with Crippen molar-refractivity contribution in [2.24, 2.45) is 0 Å². The molecular weight excluding hydrogens is 322 g/mol. The van der Waals surface area contributed by atoms with E-state index < -0.39 is 0 Å². The Balaban J connectivity index is 1.75. The van der Waals surface area contributed by atoms with Crippen molar-refractivity contribution in [3.05, 3.63) is 40.9 Å². The van der Waals surface area contributed by atoms with Crippen LogP contribution in [0.15, 0.2) is 30.5 Å². The molecule has 0 aliphatic heterocycles. The van der Waals surface area contributed by atoms with E-state index in [2.05, 4.69) is 22.0 Å². The number of benzene rings is 1. The smallest absolute Gasteiger partial charge is 0.180 e. The number of aliphatic hydroxyl groups is 1. The monoisotopic (exact) mass is 347 g/mol. The van der Waals surface area contributed by atoms with Crippen molar-refractivity contribution in [3.8, 4) is 5.75 Å². The zero-order valence-electron chi connectivity index (χ0n) is 14.0. The highest BCUT2D eigenvalue weighted by Crippen LogP contribution is 2.28. The molecule has 24 heavy (non-hydrogen) atoms. The predicted octanol–water partition coefficient (Wildman–Crippen LogP) is 3.04. The molecule has 6 heteroatoms. The van der Waals surface area contributed by atoms with E-state index in [4.69, 9.17) is 10.5 Å². The second kappa shape index (κ2) is 7.96. The number of nitrogen functional groups attached to an aromatic ring is 1. The van der Waals surface area contributed by atoms with Gasteiger partial charge in [-0.3, -0.25) is 4.90 Å². The van der Waals surface area contributed by atoms with E-state index in [0.717, 1.165) is 44.5 Å². The highest BCUT2D eigenvalue weighted by molar-refractivity contribution is 7.15. The fourth-order valence-electron chi connectivity index (χ4n) is 3.34. The lowest BCUT2D eigenvalue weighted by Gasteiger charge is -2.35. The zero-order chi connectivity index (χ0) is 16.9. The Hall–Kier alpha value is -1.63. The maximum Gasteiger partial charge on any atom is 0.180 e. The molecule has 130 valence electrons. The molecule has 0 unspecified atom stereocenters. The number of aliphatic hydroxyl groups excluding tert-OH is 1. The van der Waals surface area contributed by atoms with Crippen LogP contribution < -0.4 is 10.5 Å². The minimum Gasteiger partial charge on any atom is -0.497 e. The Labute approximate surface area is 147 Å². The molecule has 0 bridgehead atoms. The number of nitrogens with zero attached hydrogens (tertiary/aromatic N) is 2. The standard InChI is InChI=1S/C18H25N3O2S/c1-23-16-4-2-3-13(9-16)11-21(12-17-10-20-18(19)24-17)14-5-7-15(22)8-6-14/h2-4,9-10,14-15,22H,5-8,11-12H2,1H3,(H2,19,20). The number of thiazole rings is 1. The van der Waals surface area contributed by atoms with Crippen molar-refractivity contribution in [1.29, 1.82) is 0 Å². The normalized spacial score (nSPS) is 21.1. The van der Waals surface area contributed by atoms with Crippen molar-refractivity contribution in [1.82, 2.24) is 9.88 Å². The van der Waals surface area contributed by atoms with E-state index in [0.29, 0.717) is 11.2 Å². The SMILES string of the molecule is COc1cccc(CN(Cc2cnc(N)s2)C2CCC(O)CC2)c1. The van der Waals surface area contributed by atoms with Gasteiger partial charge in [0.1, 0.15) is 5.75 Å². The Morgan fingerprint density at radius 1 is 1.29 bits per heavy atom. The molecule has 0 atom stereocenters. The van der Waals surface area contributed by atoms with Gasteiger partial charge in [-0.05, 0) is 43.4 Å². The number of ether oxygens (including phenoxy) is 1. The first kappa shape index (κ1) is 17.2. The average molecular weight is 347 g/mol. The minimum absolute atomic E-state index is 0.140. The Morgan fingerprint density at radius 2 is 2.08 bits per heavy atom. The summed E-state index contributed by atoms with van der Waals surface area (Å²) < 4.78 is 5.34. The molecule has 0 radical (unpaired) electrons. The predicted molar refractivity (Wildman–Crippen MR) is 97.0 cm³/mol. The van der Waals surface area contributed by atoms with Crippen molar-refractivity contribution in [2.45, 2.75) is 50.9 Å². The molecule has 5 nitrogen and oxygen atoms in total. The van der Waals surface area contributed by atoms with Crippen LogP contribution in [0.2, 0.25) is 0 Å². The largest absolute Gasteiger partial charge is 0.497 e. The number of rotatable bonds is 6. The fraction of sp³-hybridized carbons (Fsp3) is 0.500. The third-order valence-electron chi connectivity index (χ3n) is 4.63. The molecule has 1 heterocycles. The Kier molecular flexibility index (Phi) is 5.71. The van der Waals surface area contributed by atoms with Crippen LogP contribution in [0.1, 0.15) is 36.1 Å². The molecule has 0 saturated heterocycles. The summed E-state index contributed by atoms with van der Waals surface area (Å²) in [5.74, 6) is 0.883. The summed E-state index contributed by atoms with van der Waals surface area (Å²) in [5.41, 5.74) is 7.01. The summed E-state index contributed by atoms with van der Waals surface area (Å²) in [6, 6.07) is 8.69. The molecule has 0 amide bonds. The average Bonchev–Trinajstić information content (AvgIpc) is 3.00. The van der Waals surface area contributed by atoms with Crippen LogP contribution in [0.3, 0.4) is 0 Å². The Bertz CT molecular complexity index is 653. The second-order valence-electron chi connectivity index (χ2n) is 6.38. The molecular formula is C18H25N3O2S. The van der Waals surface area contributed by atoms with E-state index in [9.17, 15) is 5.11 Å². The topological polar surface area (TPSA) is 71.6 Å². The van der Waals surface area contributed by atoms with Gasteiger partial charge in [-0.15, -0.1) is 11.3 Å². The number of aromatic nitrogens is 1. The minimum atomic E-state index is -0.140. The molecule has 2 aromatic rings. The molecule has 1 aromatic carbocycles. The summed E-state index contributed by atoms with van der Waals surface area (Å²) in [6.07, 6.45) is 5.54. The lowest BCUT2D eigenvalue weighted by Crippen LogP contribution is -2.38. The number of hydrogen-bond donors (Lipinski definition) is 2. The van der Waals surface area contributed by atoms with Crippen LogP contribution in [-0.4, -0.2) is 34.2 Å². The molecule has 0 spiro atoms. The summed E-state index contributed by atoms with van der Waals surface area (Å²) >= 11 is 1.55. The summed E-state index contributed by atoms with van der Waals surface area (Å²) in [4.78, 5) is 7.83. The van der Waals surface area contributed by atoms with E-state index >= 15 is 0 Å². The molecule has 1 saturated carbocycles. The maximum atomic E-state index is 9.80. The fourth-order valence-corrected chi connectivity index (χ4v) is 4.05. The number of anilines is 1. The zero-order valence-corrected chi connectivity index (χ0v) is 14.8. The first-order chi connectivity index (χ1) is 11.6. The van der Waals surface area contributed by atoms with Crippen LogP contribution in [0, 0.1) is 0 Å². The number of hydrogen-bond acceptors (Lipinski definition) is 6. The summed E-state index contributed by atoms with van der Waals surface area (Å²) in [5, 5.41) is 10.4. The second-order valence-corrected chi connectivity index (χ2v) is 7.53. The van der Waals surface area contributed by atoms with Crippen molar-refractivity contribution >= 4 is 16.5 Å². The van der Waals surface area contributed by atoms with Crippen molar-refractivity contribution in [3.63, 3.8) is 0 Å². The first-order valence-corrected chi connectivity index (χ1v) is 9.21. The van der Waals surface area contributed by atoms with Crippen molar-refractivity contribution < 1.29 is 9.84 Å². The number of methoxy groups -OCH3 is 1. The molecule has 1 aliphatic carbocycles. The molecule has 3 N–H and O–H groups in total. The van der Waals surface area contributed by atoms with Gasteiger partial charge in [-0.2, -0.15) is 0 Å². The van der Waals surface area contributed by atoms with Gasteiger partial charge in [0.15, 0.2) is 5.13 Å². The Morgan fingerprint density at radius 3 is 2.75 bits per heavy atom. The molecule has 1 aromatic heterocycles. The van der Waals surface area contributed by atoms with Gasteiger partial charge in [0.2, 0.25) is 0 Å². The summed E-state index contributed by atoms with van der Waals surface area (Å²) in [7, 11) is 1.69. The molecule has 3 rings (SSSR count). The summed E-state index contributed by atoms with van der Waals surface area (Å²) in [6.45, 7) is 1.70. The number of nitrogens with two attached hydrogens (primary N) is 1. The lowest BCUT2D eigenvalue weighted by atomic mass is 9.91. The van der Waals surface area contributed by atoms with E-state index in [-0.39, 0.29) is 6.10 Å². The first-order valence-electron chi connectivity index (χ1n) is 8.39. The van der Waals surface area contributed by atoms with Gasteiger partial charge >= 0.3 is 0 Å². The van der Waals surface area contributed by atoms with Gasteiger partial charge in [-0.1, -0.05) is 12.1 Å². The highest BCUT2D eigenvalue weighted by atomic mass is 32.1. The van der Waals surface area contributed by atoms with E-state index in [1.54, 1.807) is 18.4 Å². The van der Waals surface area contributed by atoms with Gasteiger partial charge < -0.3 is 15.6 Å². The highest BCUT2D eigenvalue weighted by Gasteiger charge is 2.25. The van der Waals surface area contributed by atoms with Crippen LogP contribution in [0.25, 0.3) is 0 Å². The van der Waals surface area contributed by atoms with Crippen LogP contribution in [0.4, 0.5) is 5.13 Å². The van der Waals surface area contributed by atoms with Gasteiger partial charge in [0.25, 0.3) is 0 Å². The van der Waals surface area contributed by atoms with E-state index in [1.165, 1.54) is 10.4 Å². The third-order valence-corrected chi connectivity index (χ3v) is 5.44. The van der Waals surface area contributed by atoms with Gasteiger partial charge in [-0.25, -0.2) is 4.98 Å². The maximum absolute atomic E-state index is 9.80. The van der Waals surface area contributed by atoms with Crippen LogP contribution >= 0.6 is 11.3 Å². The molecule has 1 fully saturated rings. The lowest BCUT2D eigenvalue weighted by molar-refractivity contribution is 0.0670. The van der Waals surface area contributed by atoms with Crippen LogP contribution in [-0.2, 0) is 13.1 Å². The molecule has 1 aliphatic rings. The third kappa shape index (κ3) is 4.47. The van der Waals surface area contributed by atoms with Crippen LogP contribution in [0.5, 0.6) is 5.75 Å². The van der Waals surface area contributed by atoms with E-state index in [1.807, 2.05) is 18.3 Å². The van der Waals surface area contributed by atoms with Gasteiger partial charge in [0, 0.05) is 30.2 Å². The van der Waals surface area contributed by atoms with Crippen molar-refractivity contribution in [2.75, 3.05) is 12.8 Å². The quantitative estimate of drug-likeness (QED) is 0.840.